The number of benzene rings is 1. The molecule has 0 radical (unpaired) electrons. The maximum Gasteiger partial charge on any atom is 0.130 e. The lowest BCUT2D eigenvalue weighted by Crippen LogP contribution is -2.24. The second-order valence-corrected chi connectivity index (χ2v) is 4.09. The van der Waals surface area contributed by atoms with Crippen LogP contribution in [0.2, 0.25) is 0 Å². The van der Waals surface area contributed by atoms with E-state index in [0.717, 1.165) is 0 Å². The van der Waals surface area contributed by atoms with E-state index in [-0.39, 0.29) is 0 Å². The Hall–Kier alpha value is -0.960. The molecule has 0 spiro atoms. The molecule has 0 aliphatic heterocycles. The summed E-state index contributed by atoms with van der Waals surface area (Å²) in [6, 6.07) is 6.01. The maximum absolute atomic E-state index is 13.5. The molecule has 0 amide bonds. The van der Waals surface area contributed by atoms with Crippen molar-refractivity contribution in [3.8, 4) is 6.07 Å². The molecule has 86 valence electrons. The van der Waals surface area contributed by atoms with E-state index in [0.29, 0.717) is 23.2 Å². The molecule has 0 saturated carbocycles. The zero-order chi connectivity index (χ0) is 12.0. The molecule has 3 nitrogen and oxygen atoms in total. The first-order valence-corrected chi connectivity index (χ1v) is 5.55. The number of nitrogens with one attached hydrogen (secondary N) is 1. The summed E-state index contributed by atoms with van der Waals surface area (Å²) in [4.78, 5) is 0. The zero-order valence-electron chi connectivity index (χ0n) is 8.84. The van der Waals surface area contributed by atoms with Crippen molar-refractivity contribution in [3.05, 3.63) is 34.1 Å². The van der Waals surface area contributed by atoms with Crippen LogP contribution >= 0.6 is 15.9 Å². The average Bonchev–Trinajstić information content (AvgIpc) is 2.26. The van der Waals surface area contributed by atoms with E-state index in [2.05, 4.69) is 21.2 Å². The van der Waals surface area contributed by atoms with E-state index in [1.54, 1.807) is 19.2 Å². The van der Waals surface area contributed by atoms with Crippen molar-refractivity contribution in [3.63, 3.8) is 0 Å². The number of nitriles is 1. The molecule has 1 aromatic rings. The monoisotopic (exact) mass is 286 g/mol. The molecule has 0 aliphatic carbocycles. The SMILES string of the molecule is COCCNC(C#N)c1ccc(Br)cc1F. The highest BCUT2D eigenvalue weighted by Crippen LogP contribution is 2.20. The van der Waals surface area contributed by atoms with Crippen LogP contribution in [0, 0.1) is 17.1 Å². The van der Waals surface area contributed by atoms with Crippen molar-refractivity contribution in [1.29, 1.82) is 5.26 Å². The number of hydrogen-bond acceptors (Lipinski definition) is 3. The average molecular weight is 287 g/mol. The predicted octanol–water partition coefficient (Wildman–Crippen LogP) is 2.39. The number of methoxy groups -OCH3 is 1. The Kier molecular flexibility index (Phi) is 5.39. The molecule has 1 rings (SSSR count). The largest absolute Gasteiger partial charge is 0.383 e. The van der Waals surface area contributed by atoms with E-state index >= 15 is 0 Å². The van der Waals surface area contributed by atoms with Crippen molar-refractivity contribution in [2.45, 2.75) is 6.04 Å². The van der Waals surface area contributed by atoms with Gasteiger partial charge in [0.2, 0.25) is 0 Å². The second kappa shape index (κ2) is 6.59. The van der Waals surface area contributed by atoms with Gasteiger partial charge in [-0.1, -0.05) is 22.0 Å². The molecule has 5 heteroatoms. The fourth-order valence-corrected chi connectivity index (χ4v) is 1.60. The minimum atomic E-state index is -0.650. The first-order valence-electron chi connectivity index (χ1n) is 4.76. The quantitative estimate of drug-likeness (QED) is 0.846. The summed E-state index contributed by atoms with van der Waals surface area (Å²) in [7, 11) is 1.57. The summed E-state index contributed by atoms with van der Waals surface area (Å²) < 4.78 is 19.0. The molecule has 1 aromatic carbocycles. The molecule has 0 aromatic heterocycles. The first kappa shape index (κ1) is 13.1. The number of ether oxygens (including phenoxy) is 1. The van der Waals surface area contributed by atoms with Gasteiger partial charge in [0, 0.05) is 23.7 Å². The molecule has 0 bridgehead atoms. The molecule has 1 atom stereocenters. The van der Waals surface area contributed by atoms with E-state index in [1.165, 1.54) is 6.07 Å². The number of rotatable bonds is 5. The summed E-state index contributed by atoms with van der Waals surface area (Å²) in [6.07, 6.45) is 0. The molecule has 1 N–H and O–H groups in total. The second-order valence-electron chi connectivity index (χ2n) is 3.17. The van der Waals surface area contributed by atoms with Gasteiger partial charge in [-0.25, -0.2) is 4.39 Å². The van der Waals surface area contributed by atoms with E-state index < -0.39 is 11.9 Å². The van der Waals surface area contributed by atoms with Gasteiger partial charge in [0.15, 0.2) is 0 Å². The maximum atomic E-state index is 13.5. The molecule has 0 fully saturated rings. The Morgan fingerprint density at radius 2 is 2.38 bits per heavy atom. The van der Waals surface area contributed by atoms with Gasteiger partial charge >= 0.3 is 0 Å². The fourth-order valence-electron chi connectivity index (χ4n) is 1.27. The van der Waals surface area contributed by atoms with Gasteiger partial charge < -0.3 is 4.74 Å². The molecule has 0 heterocycles. The van der Waals surface area contributed by atoms with E-state index in [4.69, 9.17) is 10.00 Å². The van der Waals surface area contributed by atoms with Gasteiger partial charge in [0.05, 0.1) is 12.7 Å². The lowest BCUT2D eigenvalue weighted by atomic mass is 10.1. The lowest BCUT2D eigenvalue weighted by molar-refractivity contribution is 0.197. The zero-order valence-corrected chi connectivity index (χ0v) is 10.4. The van der Waals surface area contributed by atoms with Crippen molar-refractivity contribution in [1.82, 2.24) is 5.32 Å². The number of nitrogens with zero attached hydrogens (tertiary/aromatic N) is 1. The first-order chi connectivity index (χ1) is 7.69. The minimum Gasteiger partial charge on any atom is -0.383 e. The summed E-state index contributed by atoms with van der Waals surface area (Å²) >= 11 is 3.17. The highest BCUT2D eigenvalue weighted by molar-refractivity contribution is 9.10. The molecule has 0 aliphatic rings. The van der Waals surface area contributed by atoms with Gasteiger partial charge in [0.25, 0.3) is 0 Å². The summed E-state index contributed by atoms with van der Waals surface area (Å²) in [6.45, 7) is 0.987. The number of halogens is 2. The van der Waals surface area contributed by atoms with E-state index in [9.17, 15) is 4.39 Å². The minimum absolute atomic E-state index is 0.349. The molecular formula is C11H12BrFN2O. The fraction of sp³-hybridized carbons (Fsp3) is 0.364. The third kappa shape index (κ3) is 3.56. The van der Waals surface area contributed by atoms with Crippen LogP contribution < -0.4 is 5.32 Å². The normalized spacial score (nSPS) is 12.1. The summed E-state index contributed by atoms with van der Waals surface area (Å²) in [5, 5.41) is 11.8. The van der Waals surface area contributed by atoms with Gasteiger partial charge in [-0.05, 0) is 12.1 Å². The Balaban J connectivity index is 2.76. The summed E-state index contributed by atoms with van der Waals surface area (Å²) in [5.41, 5.74) is 0.349. The predicted molar refractivity (Wildman–Crippen MR) is 62.3 cm³/mol. The van der Waals surface area contributed by atoms with Crippen molar-refractivity contribution in [2.24, 2.45) is 0 Å². The topological polar surface area (TPSA) is 45.0 Å². The Morgan fingerprint density at radius 1 is 1.62 bits per heavy atom. The highest BCUT2D eigenvalue weighted by atomic mass is 79.9. The smallest absolute Gasteiger partial charge is 0.130 e. The molecular weight excluding hydrogens is 275 g/mol. The number of hydrogen-bond donors (Lipinski definition) is 1. The van der Waals surface area contributed by atoms with Crippen LogP contribution in [0.5, 0.6) is 0 Å². The van der Waals surface area contributed by atoms with Crippen LogP contribution in [0.1, 0.15) is 11.6 Å². The van der Waals surface area contributed by atoms with Crippen LogP contribution in [0.3, 0.4) is 0 Å². The Morgan fingerprint density at radius 3 is 2.94 bits per heavy atom. The van der Waals surface area contributed by atoms with Gasteiger partial charge in [-0.15, -0.1) is 0 Å². The lowest BCUT2D eigenvalue weighted by Gasteiger charge is -2.12. The molecule has 0 saturated heterocycles. The van der Waals surface area contributed by atoms with Crippen molar-refractivity contribution >= 4 is 15.9 Å². The standard InChI is InChI=1S/C11H12BrFN2O/c1-16-5-4-15-11(7-14)9-3-2-8(12)6-10(9)13/h2-3,6,11,15H,4-5H2,1H3. The van der Waals surface area contributed by atoms with E-state index in [1.807, 2.05) is 6.07 Å². The van der Waals surface area contributed by atoms with Crippen LogP contribution in [-0.2, 0) is 4.74 Å². The Bertz CT molecular complexity index is 392. The molecule has 1 unspecified atom stereocenters. The third-order valence-corrected chi connectivity index (χ3v) is 2.55. The van der Waals surface area contributed by atoms with Crippen molar-refractivity contribution < 1.29 is 9.13 Å². The van der Waals surface area contributed by atoms with Crippen LogP contribution in [0.4, 0.5) is 4.39 Å². The van der Waals surface area contributed by atoms with Crippen LogP contribution in [0.15, 0.2) is 22.7 Å². The van der Waals surface area contributed by atoms with Gasteiger partial charge in [-0.2, -0.15) is 5.26 Å². The van der Waals surface area contributed by atoms with Crippen LogP contribution in [-0.4, -0.2) is 20.3 Å². The van der Waals surface area contributed by atoms with Crippen LogP contribution in [0.25, 0.3) is 0 Å². The molecule has 16 heavy (non-hydrogen) atoms. The van der Waals surface area contributed by atoms with Crippen molar-refractivity contribution in [2.75, 3.05) is 20.3 Å². The van der Waals surface area contributed by atoms with Gasteiger partial charge in [-0.3, -0.25) is 5.32 Å². The summed E-state index contributed by atoms with van der Waals surface area (Å²) in [5.74, 6) is -0.397. The third-order valence-electron chi connectivity index (χ3n) is 2.06. The Labute approximate surface area is 102 Å². The van der Waals surface area contributed by atoms with Gasteiger partial charge in [0.1, 0.15) is 11.9 Å². The highest BCUT2D eigenvalue weighted by Gasteiger charge is 2.14.